The molecule has 0 aromatic heterocycles. The van der Waals surface area contributed by atoms with Gasteiger partial charge in [-0.1, -0.05) is 12.1 Å². The van der Waals surface area contributed by atoms with Gasteiger partial charge in [-0.25, -0.2) is 4.79 Å². The molecule has 5 nitrogen and oxygen atoms in total. The van der Waals surface area contributed by atoms with Crippen LogP contribution in [0.4, 0.5) is 10.5 Å². The highest BCUT2D eigenvalue weighted by molar-refractivity contribution is 7.98. The van der Waals surface area contributed by atoms with Crippen molar-refractivity contribution in [2.75, 3.05) is 17.3 Å². The maximum atomic E-state index is 11.8. The Hall–Kier alpha value is -1.69. The molecule has 0 fully saturated rings. The molecular weight excluding hydrogens is 276 g/mol. The number of urea groups is 1. The minimum Gasteiger partial charge on any atom is -0.548 e. The number of thioether (sulfide) groups is 1. The molecule has 0 heterocycles. The first kappa shape index (κ1) is 16.4. The van der Waals surface area contributed by atoms with E-state index in [1.807, 2.05) is 38.3 Å². The van der Waals surface area contributed by atoms with Gasteiger partial charge in [0.25, 0.3) is 0 Å². The smallest absolute Gasteiger partial charge is 0.319 e. The number of benzene rings is 1. The number of amides is 2. The SMILES string of the molecule is CSCC[C@H](NC(=O)Nc1cc(C)ccc1C)C(=O)[O-]. The monoisotopic (exact) mass is 295 g/mol. The molecular formula is C14H19N2O3S-. The van der Waals surface area contributed by atoms with Crippen LogP contribution in [-0.2, 0) is 4.79 Å². The first-order valence-electron chi connectivity index (χ1n) is 6.28. The van der Waals surface area contributed by atoms with E-state index in [1.165, 1.54) is 11.8 Å². The molecule has 1 aromatic carbocycles. The Bertz CT molecular complexity index is 491. The lowest BCUT2D eigenvalue weighted by molar-refractivity contribution is -0.308. The maximum Gasteiger partial charge on any atom is 0.319 e. The van der Waals surface area contributed by atoms with Crippen LogP contribution >= 0.6 is 11.8 Å². The Labute approximate surface area is 123 Å². The van der Waals surface area contributed by atoms with Crippen molar-refractivity contribution in [1.29, 1.82) is 0 Å². The first-order valence-corrected chi connectivity index (χ1v) is 7.68. The fraction of sp³-hybridized carbons (Fsp3) is 0.429. The summed E-state index contributed by atoms with van der Waals surface area (Å²) in [6.45, 7) is 3.80. The van der Waals surface area contributed by atoms with Crippen molar-refractivity contribution in [2.24, 2.45) is 0 Å². The maximum absolute atomic E-state index is 11.8. The van der Waals surface area contributed by atoms with Gasteiger partial charge in [0.05, 0.1) is 12.0 Å². The molecule has 0 bridgehead atoms. The van der Waals surface area contributed by atoms with Gasteiger partial charge in [0.15, 0.2) is 0 Å². The number of carboxylic acids is 1. The third-order valence-electron chi connectivity index (χ3n) is 2.84. The van der Waals surface area contributed by atoms with Gasteiger partial charge in [-0.3, -0.25) is 0 Å². The minimum absolute atomic E-state index is 0.337. The molecule has 2 amide bonds. The Morgan fingerprint density at radius 2 is 2.05 bits per heavy atom. The van der Waals surface area contributed by atoms with E-state index < -0.39 is 18.0 Å². The zero-order chi connectivity index (χ0) is 15.1. The summed E-state index contributed by atoms with van der Waals surface area (Å²) >= 11 is 1.52. The van der Waals surface area contributed by atoms with Gasteiger partial charge >= 0.3 is 6.03 Å². The molecule has 0 aliphatic heterocycles. The standard InChI is InChI=1S/C14H20N2O3S/c1-9-4-5-10(2)12(8-9)16-14(19)15-11(13(17)18)6-7-20-3/h4-5,8,11H,6-7H2,1-3H3,(H,17,18)(H2,15,16,19)/p-1/t11-/m0/s1. The molecule has 0 unspecified atom stereocenters. The van der Waals surface area contributed by atoms with E-state index in [4.69, 9.17) is 0 Å². The number of hydrogen-bond donors (Lipinski definition) is 2. The number of carboxylic acid groups (broad SMARTS) is 1. The number of aliphatic carboxylic acids is 1. The highest BCUT2D eigenvalue weighted by atomic mass is 32.2. The lowest BCUT2D eigenvalue weighted by Gasteiger charge is -2.20. The fourth-order valence-corrected chi connectivity index (χ4v) is 2.14. The summed E-state index contributed by atoms with van der Waals surface area (Å²) in [6.07, 6.45) is 2.21. The van der Waals surface area contributed by atoms with Crippen LogP contribution in [0.5, 0.6) is 0 Å². The molecule has 6 heteroatoms. The van der Waals surface area contributed by atoms with E-state index in [0.717, 1.165) is 11.1 Å². The van der Waals surface area contributed by atoms with Gasteiger partial charge in [-0.15, -0.1) is 0 Å². The van der Waals surface area contributed by atoms with Crippen LogP contribution in [0.25, 0.3) is 0 Å². The molecule has 0 saturated heterocycles. The zero-order valence-corrected chi connectivity index (χ0v) is 12.7. The molecule has 0 spiro atoms. The van der Waals surface area contributed by atoms with Crippen LogP contribution in [-0.4, -0.2) is 30.1 Å². The summed E-state index contributed by atoms with van der Waals surface area (Å²) in [5.41, 5.74) is 2.61. The molecule has 1 aromatic rings. The quantitative estimate of drug-likeness (QED) is 0.829. The van der Waals surface area contributed by atoms with E-state index in [1.54, 1.807) is 0 Å². The fourth-order valence-electron chi connectivity index (χ4n) is 1.67. The van der Waals surface area contributed by atoms with Crippen molar-refractivity contribution in [3.8, 4) is 0 Å². The second-order valence-corrected chi connectivity index (χ2v) is 5.56. The zero-order valence-electron chi connectivity index (χ0n) is 11.9. The third-order valence-corrected chi connectivity index (χ3v) is 3.49. The molecule has 0 saturated carbocycles. The van der Waals surface area contributed by atoms with Gasteiger partial charge < -0.3 is 20.5 Å². The Morgan fingerprint density at radius 1 is 1.35 bits per heavy atom. The van der Waals surface area contributed by atoms with Crippen molar-refractivity contribution >= 4 is 29.4 Å². The molecule has 1 atom stereocenters. The van der Waals surface area contributed by atoms with Crippen LogP contribution in [0.3, 0.4) is 0 Å². The number of anilines is 1. The van der Waals surface area contributed by atoms with Crippen LogP contribution < -0.4 is 15.7 Å². The topological polar surface area (TPSA) is 81.3 Å². The van der Waals surface area contributed by atoms with Crippen molar-refractivity contribution < 1.29 is 14.7 Å². The predicted molar refractivity (Wildman–Crippen MR) is 79.9 cm³/mol. The van der Waals surface area contributed by atoms with Crippen molar-refractivity contribution in [3.63, 3.8) is 0 Å². The van der Waals surface area contributed by atoms with Gasteiger partial charge in [0.2, 0.25) is 0 Å². The normalized spacial score (nSPS) is 11.8. The van der Waals surface area contributed by atoms with Gasteiger partial charge in [-0.05, 0) is 49.5 Å². The number of carbonyl (C=O) groups excluding carboxylic acids is 2. The number of hydrogen-bond acceptors (Lipinski definition) is 4. The number of rotatable bonds is 6. The largest absolute Gasteiger partial charge is 0.548 e. The van der Waals surface area contributed by atoms with Crippen LogP contribution in [0.1, 0.15) is 17.5 Å². The molecule has 0 radical (unpaired) electrons. The Morgan fingerprint density at radius 3 is 2.65 bits per heavy atom. The molecule has 0 aliphatic rings. The van der Waals surface area contributed by atoms with Gasteiger partial charge in [-0.2, -0.15) is 11.8 Å². The molecule has 2 N–H and O–H groups in total. The van der Waals surface area contributed by atoms with Crippen LogP contribution in [0.2, 0.25) is 0 Å². The van der Waals surface area contributed by atoms with Crippen molar-refractivity contribution in [2.45, 2.75) is 26.3 Å². The van der Waals surface area contributed by atoms with E-state index in [-0.39, 0.29) is 0 Å². The molecule has 0 aliphatic carbocycles. The Kier molecular flexibility index (Phi) is 6.38. The summed E-state index contributed by atoms with van der Waals surface area (Å²) in [5, 5.41) is 16.0. The average Bonchev–Trinajstić information content (AvgIpc) is 2.38. The van der Waals surface area contributed by atoms with E-state index in [0.29, 0.717) is 17.9 Å². The summed E-state index contributed by atoms with van der Waals surface area (Å²) in [7, 11) is 0. The summed E-state index contributed by atoms with van der Waals surface area (Å²) < 4.78 is 0. The number of aryl methyl sites for hydroxylation is 2. The van der Waals surface area contributed by atoms with Gasteiger partial charge in [0, 0.05) is 5.69 Å². The minimum atomic E-state index is -1.27. The highest BCUT2D eigenvalue weighted by Crippen LogP contribution is 2.16. The third kappa shape index (κ3) is 5.13. The van der Waals surface area contributed by atoms with Crippen LogP contribution in [0, 0.1) is 13.8 Å². The van der Waals surface area contributed by atoms with Crippen molar-refractivity contribution in [3.05, 3.63) is 29.3 Å². The molecule has 110 valence electrons. The summed E-state index contributed by atoms with van der Waals surface area (Å²) in [4.78, 5) is 22.8. The lowest BCUT2D eigenvalue weighted by Crippen LogP contribution is -2.49. The first-order chi connectivity index (χ1) is 9.43. The second kappa shape index (κ2) is 7.79. The predicted octanol–water partition coefficient (Wildman–Crippen LogP) is 1.30. The van der Waals surface area contributed by atoms with Crippen LogP contribution in [0.15, 0.2) is 18.2 Å². The number of nitrogens with one attached hydrogen (secondary N) is 2. The van der Waals surface area contributed by atoms with E-state index >= 15 is 0 Å². The summed E-state index contributed by atoms with van der Waals surface area (Å²) in [6, 6.07) is 4.17. The number of carbonyl (C=O) groups is 2. The van der Waals surface area contributed by atoms with E-state index in [2.05, 4.69) is 10.6 Å². The average molecular weight is 295 g/mol. The van der Waals surface area contributed by atoms with Crippen molar-refractivity contribution in [1.82, 2.24) is 5.32 Å². The Balaban J connectivity index is 2.65. The highest BCUT2D eigenvalue weighted by Gasteiger charge is 2.13. The molecule has 1 rings (SSSR count). The lowest BCUT2D eigenvalue weighted by atomic mass is 10.1. The second-order valence-electron chi connectivity index (χ2n) is 4.57. The molecule has 20 heavy (non-hydrogen) atoms. The van der Waals surface area contributed by atoms with Gasteiger partial charge in [0.1, 0.15) is 0 Å². The summed E-state index contributed by atoms with van der Waals surface area (Å²) in [5.74, 6) is -0.627. The van der Waals surface area contributed by atoms with E-state index in [9.17, 15) is 14.7 Å².